The highest BCUT2D eigenvalue weighted by atomic mass is 32.2. The van der Waals surface area contributed by atoms with Crippen LogP contribution in [-0.2, 0) is 20.2 Å². The number of sulfonamides is 1. The molecular weight excluding hydrogens is 414 g/mol. The maximum atomic E-state index is 11.8. The van der Waals surface area contributed by atoms with Crippen molar-refractivity contribution >= 4 is 15.8 Å². The largest absolute Gasteiger partial charge is 0.494 e. The lowest BCUT2D eigenvalue weighted by Gasteiger charge is -2.27. The number of hydrogen-bond donors (Lipinski definition) is 1. The van der Waals surface area contributed by atoms with E-state index in [1.54, 1.807) is 0 Å². The van der Waals surface area contributed by atoms with Crippen molar-refractivity contribution in [3.63, 3.8) is 0 Å². The zero-order valence-electron chi connectivity index (χ0n) is 19.0. The Labute approximate surface area is 186 Å². The van der Waals surface area contributed by atoms with Gasteiger partial charge in [0.25, 0.3) is 0 Å². The molecule has 0 aromatic heterocycles. The van der Waals surface area contributed by atoms with E-state index in [-0.39, 0.29) is 24.3 Å². The van der Waals surface area contributed by atoms with Gasteiger partial charge in [0, 0.05) is 5.41 Å². The van der Waals surface area contributed by atoms with E-state index in [1.807, 2.05) is 31.2 Å². The van der Waals surface area contributed by atoms with Gasteiger partial charge in [-0.15, -0.1) is 0 Å². The van der Waals surface area contributed by atoms with Crippen molar-refractivity contribution < 1.29 is 22.7 Å². The summed E-state index contributed by atoms with van der Waals surface area (Å²) in [5.74, 6) is 1.14. The Balaban J connectivity index is 2.04. The smallest absolute Gasteiger partial charge is 0.209 e. The zero-order valence-corrected chi connectivity index (χ0v) is 19.8. The molecule has 2 aromatic rings. The number of nitrogens with one attached hydrogen (secondary N) is 1. The molecule has 1 N–H and O–H groups in total. The highest BCUT2D eigenvalue weighted by molar-refractivity contribution is 7.88. The van der Waals surface area contributed by atoms with Crippen LogP contribution in [0.1, 0.15) is 50.3 Å². The summed E-state index contributed by atoms with van der Waals surface area (Å²) in [5.41, 5.74) is 2.99. The van der Waals surface area contributed by atoms with Crippen LogP contribution in [0.4, 0.5) is 0 Å². The third-order valence-corrected chi connectivity index (χ3v) is 5.83. The topological polar surface area (TPSA) is 81.7 Å². The van der Waals surface area contributed by atoms with Crippen LogP contribution in [-0.4, -0.2) is 40.2 Å². The van der Waals surface area contributed by atoms with Gasteiger partial charge in [-0.1, -0.05) is 51.5 Å². The molecule has 7 heteroatoms. The predicted octanol–water partition coefficient (Wildman–Crippen LogP) is 4.00. The molecule has 0 unspecified atom stereocenters. The molecule has 0 aliphatic carbocycles. The molecule has 0 aliphatic rings. The molecule has 170 valence electrons. The second kappa shape index (κ2) is 10.8. The SMILES string of the molecule is CCCCOc1ccc(C(C)(C)c2ccc(OCC(=O)CNS(C)(=O)=O)c(C)c2)cc1. The van der Waals surface area contributed by atoms with E-state index in [4.69, 9.17) is 9.47 Å². The maximum absolute atomic E-state index is 11.8. The van der Waals surface area contributed by atoms with Crippen molar-refractivity contribution in [1.29, 1.82) is 0 Å². The zero-order chi connectivity index (χ0) is 23.1. The van der Waals surface area contributed by atoms with E-state index in [2.05, 4.69) is 43.7 Å². The van der Waals surface area contributed by atoms with Gasteiger partial charge in [-0.3, -0.25) is 4.79 Å². The van der Waals surface area contributed by atoms with Crippen LogP contribution >= 0.6 is 0 Å². The van der Waals surface area contributed by atoms with Gasteiger partial charge in [-0.25, -0.2) is 13.1 Å². The van der Waals surface area contributed by atoms with Crippen molar-refractivity contribution in [2.24, 2.45) is 0 Å². The monoisotopic (exact) mass is 447 g/mol. The van der Waals surface area contributed by atoms with Crippen LogP contribution < -0.4 is 14.2 Å². The normalized spacial score (nSPS) is 11.9. The van der Waals surface area contributed by atoms with E-state index in [0.29, 0.717) is 5.75 Å². The molecule has 0 spiro atoms. The fourth-order valence-electron chi connectivity index (χ4n) is 3.09. The van der Waals surface area contributed by atoms with Crippen molar-refractivity contribution in [2.75, 3.05) is 26.0 Å². The average molecular weight is 448 g/mol. The molecule has 2 aromatic carbocycles. The molecule has 6 nitrogen and oxygen atoms in total. The van der Waals surface area contributed by atoms with Crippen LogP contribution in [0.15, 0.2) is 42.5 Å². The van der Waals surface area contributed by atoms with Crippen LogP contribution in [0.2, 0.25) is 0 Å². The molecule has 0 amide bonds. The standard InChI is InChI=1S/C24H33NO5S/c1-6-7-14-29-22-11-8-19(9-12-22)24(3,4)20-10-13-23(18(2)15-20)30-17-21(26)16-25-31(5,27)28/h8-13,15,25H,6-7,14,16-17H2,1-5H3. The summed E-state index contributed by atoms with van der Waals surface area (Å²) in [6.45, 7) is 8.66. The molecule has 0 saturated carbocycles. The van der Waals surface area contributed by atoms with Gasteiger partial charge in [0.1, 0.15) is 18.1 Å². The Bertz CT molecular complexity index is 982. The van der Waals surface area contributed by atoms with Crippen molar-refractivity contribution in [3.8, 4) is 11.5 Å². The first-order valence-corrected chi connectivity index (χ1v) is 12.4. The Morgan fingerprint density at radius 3 is 2.26 bits per heavy atom. The highest BCUT2D eigenvalue weighted by Crippen LogP contribution is 2.34. The van der Waals surface area contributed by atoms with Crippen molar-refractivity contribution in [2.45, 2.75) is 46.0 Å². The number of hydrogen-bond acceptors (Lipinski definition) is 5. The summed E-state index contributed by atoms with van der Waals surface area (Å²) in [5, 5.41) is 0. The quantitative estimate of drug-likeness (QED) is 0.498. The van der Waals surface area contributed by atoms with Gasteiger partial charge in [0.15, 0.2) is 5.78 Å². The van der Waals surface area contributed by atoms with Crippen molar-refractivity contribution in [1.82, 2.24) is 4.72 Å². The number of ketones is 1. The third kappa shape index (κ3) is 7.67. The minimum Gasteiger partial charge on any atom is -0.494 e. The molecule has 0 atom stereocenters. The van der Waals surface area contributed by atoms with E-state index in [0.717, 1.165) is 42.6 Å². The first-order chi connectivity index (χ1) is 14.5. The summed E-state index contributed by atoms with van der Waals surface area (Å²) in [7, 11) is -3.40. The van der Waals surface area contributed by atoms with Gasteiger partial charge in [0.2, 0.25) is 10.0 Å². The maximum Gasteiger partial charge on any atom is 0.209 e. The number of benzene rings is 2. The van der Waals surface area contributed by atoms with Crippen molar-refractivity contribution in [3.05, 3.63) is 59.2 Å². The van der Waals surface area contributed by atoms with Crippen LogP contribution in [0.5, 0.6) is 11.5 Å². The number of Topliss-reactive ketones (excluding diaryl/α,β-unsaturated/α-hetero) is 1. The van der Waals surface area contributed by atoms with Crippen LogP contribution in [0.25, 0.3) is 0 Å². The van der Waals surface area contributed by atoms with Gasteiger partial charge in [0.05, 0.1) is 19.4 Å². The number of ether oxygens (including phenoxy) is 2. The molecule has 0 fully saturated rings. The molecular formula is C24H33NO5S. The van der Waals surface area contributed by atoms with Crippen LogP contribution in [0, 0.1) is 6.92 Å². The minimum atomic E-state index is -3.40. The Morgan fingerprint density at radius 2 is 1.68 bits per heavy atom. The third-order valence-electron chi connectivity index (χ3n) is 5.16. The van der Waals surface area contributed by atoms with Gasteiger partial charge < -0.3 is 9.47 Å². The lowest BCUT2D eigenvalue weighted by atomic mass is 9.77. The van der Waals surface area contributed by atoms with E-state index < -0.39 is 10.0 Å². The molecule has 2 rings (SSSR count). The van der Waals surface area contributed by atoms with E-state index in [9.17, 15) is 13.2 Å². The lowest BCUT2D eigenvalue weighted by Crippen LogP contribution is -2.31. The fraction of sp³-hybridized carbons (Fsp3) is 0.458. The first-order valence-electron chi connectivity index (χ1n) is 10.5. The second-order valence-electron chi connectivity index (χ2n) is 8.25. The first kappa shape index (κ1) is 24.9. The van der Waals surface area contributed by atoms with Gasteiger partial charge in [-0.2, -0.15) is 0 Å². The average Bonchev–Trinajstić information content (AvgIpc) is 2.71. The summed E-state index contributed by atoms with van der Waals surface area (Å²) in [6.07, 6.45) is 3.16. The molecule has 0 saturated heterocycles. The summed E-state index contributed by atoms with van der Waals surface area (Å²) in [6, 6.07) is 14.1. The van der Waals surface area contributed by atoms with E-state index >= 15 is 0 Å². The number of carbonyl (C=O) groups is 1. The van der Waals surface area contributed by atoms with Crippen LogP contribution in [0.3, 0.4) is 0 Å². The van der Waals surface area contributed by atoms with Gasteiger partial charge in [-0.05, 0) is 48.2 Å². The summed E-state index contributed by atoms with van der Waals surface area (Å²) < 4.78 is 35.7. The lowest BCUT2D eigenvalue weighted by molar-refractivity contribution is -0.119. The number of unbranched alkanes of at least 4 members (excludes halogenated alkanes) is 1. The minimum absolute atomic E-state index is 0.189. The van der Waals surface area contributed by atoms with E-state index in [1.165, 1.54) is 5.56 Å². The molecule has 0 bridgehead atoms. The Morgan fingerprint density at radius 1 is 1.03 bits per heavy atom. The second-order valence-corrected chi connectivity index (χ2v) is 10.1. The summed E-state index contributed by atoms with van der Waals surface area (Å²) >= 11 is 0. The number of rotatable bonds is 12. The molecule has 0 heterocycles. The Kier molecular flexibility index (Phi) is 8.65. The van der Waals surface area contributed by atoms with Gasteiger partial charge >= 0.3 is 0 Å². The molecule has 0 aliphatic heterocycles. The number of carbonyl (C=O) groups excluding carboxylic acids is 1. The number of aryl methyl sites for hydroxylation is 1. The summed E-state index contributed by atoms with van der Waals surface area (Å²) in [4.78, 5) is 11.8. The fourth-order valence-corrected chi connectivity index (χ4v) is 3.51. The Hall–Kier alpha value is -2.38. The highest BCUT2D eigenvalue weighted by Gasteiger charge is 2.24. The molecule has 31 heavy (non-hydrogen) atoms. The molecule has 0 radical (unpaired) electrons. The predicted molar refractivity (Wildman–Crippen MR) is 124 cm³/mol.